The number of pyridine rings is 2. The molecule has 0 fully saturated rings. The second-order valence-electron chi connectivity index (χ2n) is 17.4. The number of hydrogen-bond donors (Lipinski definition) is 2. The van der Waals surface area contributed by atoms with E-state index in [-0.39, 0.29) is 22.6 Å². The molecular formula is C54H60N8O4S2. The predicted molar refractivity (Wildman–Crippen MR) is 273 cm³/mol. The van der Waals surface area contributed by atoms with Crippen molar-refractivity contribution >= 4 is 22.0 Å². The van der Waals surface area contributed by atoms with E-state index in [2.05, 4.69) is 105 Å². The van der Waals surface area contributed by atoms with Crippen LogP contribution in [0, 0.1) is 41.5 Å². The lowest BCUT2D eigenvalue weighted by molar-refractivity contribution is 0.578. The Morgan fingerprint density at radius 3 is 1.50 bits per heavy atom. The molecule has 2 N–H and O–H groups in total. The van der Waals surface area contributed by atoms with Crippen molar-refractivity contribution < 1.29 is 8.42 Å². The normalized spacial score (nSPS) is 11.4. The van der Waals surface area contributed by atoms with Crippen molar-refractivity contribution in [2.45, 2.75) is 90.4 Å². The summed E-state index contributed by atoms with van der Waals surface area (Å²) >= 11 is 1.52. The van der Waals surface area contributed by atoms with Crippen LogP contribution in [0.4, 0.5) is 0 Å². The first kappa shape index (κ1) is 49.3. The Hall–Kier alpha value is -6.58. The minimum Gasteiger partial charge on any atom is -0.330 e. The van der Waals surface area contributed by atoms with Gasteiger partial charge in [0.2, 0.25) is 10.0 Å². The second kappa shape index (κ2) is 22.9. The summed E-state index contributed by atoms with van der Waals surface area (Å²) in [5.74, 6) is 0. The van der Waals surface area contributed by atoms with E-state index in [9.17, 15) is 18.0 Å². The van der Waals surface area contributed by atoms with Gasteiger partial charge in [0.15, 0.2) is 0 Å². The highest BCUT2D eigenvalue weighted by Crippen LogP contribution is 2.19. The van der Waals surface area contributed by atoms with Crippen molar-refractivity contribution in [3.63, 3.8) is 0 Å². The van der Waals surface area contributed by atoms with Crippen LogP contribution in [0.5, 0.6) is 0 Å². The van der Waals surface area contributed by atoms with Gasteiger partial charge >= 0.3 is 0 Å². The Labute approximate surface area is 404 Å². The molecule has 0 atom stereocenters. The predicted octanol–water partition coefficient (Wildman–Crippen LogP) is 8.49. The van der Waals surface area contributed by atoms with Gasteiger partial charge in [0.25, 0.3) is 11.1 Å². The van der Waals surface area contributed by atoms with E-state index in [0.29, 0.717) is 31.6 Å². The van der Waals surface area contributed by atoms with E-state index < -0.39 is 10.0 Å². The lowest BCUT2D eigenvalue weighted by atomic mass is 10.1. The summed E-state index contributed by atoms with van der Waals surface area (Å²) in [6.45, 7) is 15.4. The van der Waals surface area contributed by atoms with Crippen molar-refractivity contribution in [1.29, 1.82) is 0 Å². The van der Waals surface area contributed by atoms with Gasteiger partial charge in [-0.2, -0.15) is 0 Å². The number of nitrogens with one attached hydrogen (secondary N) is 2. The second-order valence-corrected chi connectivity index (χ2v) is 20.1. The first-order valence-electron chi connectivity index (χ1n) is 22.7. The molecule has 4 aromatic heterocycles. The minimum absolute atomic E-state index is 0.0103. The molecule has 4 aromatic carbocycles. The summed E-state index contributed by atoms with van der Waals surface area (Å²) in [4.78, 5) is 34.9. The molecule has 0 spiro atoms. The third-order valence-corrected chi connectivity index (χ3v) is 14.2. The molecule has 4 heterocycles. The Kier molecular flexibility index (Phi) is 16.6. The van der Waals surface area contributed by atoms with Gasteiger partial charge in [-0.1, -0.05) is 119 Å². The monoisotopic (exact) mass is 948 g/mol. The number of rotatable bonds is 18. The van der Waals surface area contributed by atoms with Crippen molar-refractivity contribution in [2.75, 3.05) is 13.1 Å². The van der Waals surface area contributed by atoms with Gasteiger partial charge in [0.1, 0.15) is 0 Å². The summed E-state index contributed by atoms with van der Waals surface area (Å²) in [7, 11) is -3.83. The zero-order chi connectivity index (χ0) is 48.2. The molecule has 352 valence electrons. The van der Waals surface area contributed by atoms with Crippen LogP contribution in [0.3, 0.4) is 0 Å². The van der Waals surface area contributed by atoms with Crippen LogP contribution < -0.4 is 20.6 Å². The summed E-state index contributed by atoms with van der Waals surface area (Å²) in [6.07, 6.45) is 12.2. The fourth-order valence-electron chi connectivity index (χ4n) is 7.88. The maximum atomic E-state index is 13.0. The van der Waals surface area contributed by atoms with E-state index in [0.717, 1.165) is 57.9 Å². The number of aryl methyl sites for hydroxylation is 6. The van der Waals surface area contributed by atoms with Crippen molar-refractivity contribution in [2.24, 2.45) is 0 Å². The Morgan fingerprint density at radius 1 is 0.515 bits per heavy atom. The molecule has 0 aliphatic carbocycles. The van der Waals surface area contributed by atoms with Gasteiger partial charge in [-0.05, 0) is 86.9 Å². The van der Waals surface area contributed by atoms with Crippen LogP contribution in [0.2, 0.25) is 0 Å². The SMILES string of the molecule is Cc1ccc(Cn2cncc2CCNS(=O)(=O)c2cc(=O)n(Cc3cccc(C)c3)cc2C)cc1.Cc1ccc(Cn2cncc2CCNSc2cc(=O)n(Cc3cccc(C)c3)cc2C)cc1. The smallest absolute Gasteiger partial charge is 0.252 e. The summed E-state index contributed by atoms with van der Waals surface area (Å²) in [6, 6.07) is 36.0. The van der Waals surface area contributed by atoms with E-state index in [4.69, 9.17) is 0 Å². The Bertz CT molecular complexity index is 3190. The van der Waals surface area contributed by atoms with E-state index in [1.807, 2.05) is 74.4 Å². The third kappa shape index (κ3) is 13.8. The number of sulfonamides is 1. The average molecular weight is 949 g/mol. The topological polar surface area (TPSA) is 138 Å². The van der Waals surface area contributed by atoms with Crippen molar-refractivity contribution in [3.05, 3.63) is 234 Å². The standard InChI is InChI=1S/C27H30N4O3S.C27H30N4OS/c1-20-7-9-23(10-8-20)17-31-19-28-15-25(31)11-12-29-35(33,34)26-14-27(32)30(16-22(26)3)18-24-6-4-5-21(2)13-24;1-20-7-9-23(10-8-20)17-31-19-28-15-25(31)11-12-29-33-26-14-27(32)30(16-22(26)3)18-24-6-4-5-21(2)13-24/h4-10,13-16,19,29H,11-12,17-18H2,1-3H3;4-10,13-16,19,29H,11-12,17-18H2,1-3H3. The van der Waals surface area contributed by atoms with Gasteiger partial charge in [-0.25, -0.2) is 23.1 Å². The molecule has 0 radical (unpaired) electrons. The molecule has 0 aliphatic rings. The molecule has 68 heavy (non-hydrogen) atoms. The zero-order valence-corrected chi connectivity index (χ0v) is 41.3. The van der Waals surface area contributed by atoms with Gasteiger partial charge in [-0.15, -0.1) is 0 Å². The van der Waals surface area contributed by atoms with Crippen LogP contribution in [-0.4, -0.2) is 49.7 Å². The Morgan fingerprint density at radius 2 is 0.985 bits per heavy atom. The van der Waals surface area contributed by atoms with E-state index in [1.54, 1.807) is 36.3 Å². The number of benzene rings is 4. The summed E-state index contributed by atoms with van der Waals surface area (Å²) in [5, 5.41) is 0. The van der Waals surface area contributed by atoms with Gasteiger partial charge in [0.05, 0.1) is 30.6 Å². The van der Waals surface area contributed by atoms with Gasteiger partial charge in [-0.3, -0.25) is 14.3 Å². The summed E-state index contributed by atoms with van der Waals surface area (Å²) < 4.78 is 39.5. The number of hydrogen-bond acceptors (Lipinski definition) is 8. The van der Waals surface area contributed by atoms with Gasteiger partial charge in [0, 0.05) is 92.2 Å². The van der Waals surface area contributed by atoms with Crippen molar-refractivity contribution in [1.82, 2.24) is 37.7 Å². The number of aromatic nitrogens is 6. The molecule has 0 unspecified atom stereocenters. The van der Waals surface area contributed by atoms with Crippen LogP contribution in [0.15, 0.2) is 166 Å². The average Bonchev–Trinajstić information content (AvgIpc) is 3.95. The molecule has 0 aliphatic heterocycles. The molecule has 0 saturated heterocycles. The fourth-order valence-corrected chi connectivity index (χ4v) is 9.87. The van der Waals surface area contributed by atoms with E-state index in [1.165, 1.54) is 50.5 Å². The quantitative estimate of drug-likeness (QED) is 0.0646. The molecule has 0 bridgehead atoms. The third-order valence-electron chi connectivity index (χ3n) is 11.6. The molecular weight excluding hydrogens is 889 g/mol. The summed E-state index contributed by atoms with van der Waals surface area (Å²) in [5.41, 5.74) is 12.7. The first-order valence-corrected chi connectivity index (χ1v) is 25.0. The van der Waals surface area contributed by atoms with Crippen molar-refractivity contribution in [3.8, 4) is 0 Å². The maximum absolute atomic E-state index is 13.0. The highest BCUT2D eigenvalue weighted by atomic mass is 32.2. The van der Waals surface area contributed by atoms with Crippen LogP contribution in [-0.2, 0) is 49.0 Å². The highest BCUT2D eigenvalue weighted by Gasteiger charge is 2.19. The molecule has 12 nitrogen and oxygen atoms in total. The zero-order valence-electron chi connectivity index (χ0n) is 39.6. The molecule has 0 amide bonds. The Balaban J connectivity index is 0.000000202. The van der Waals surface area contributed by atoms with Crippen LogP contribution in [0.1, 0.15) is 67.0 Å². The molecule has 0 saturated carbocycles. The first-order chi connectivity index (χ1) is 32.7. The molecule has 8 aromatic rings. The molecule has 14 heteroatoms. The van der Waals surface area contributed by atoms with Crippen LogP contribution >= 0.6 is 11.9 Å². The van der Waals surface area contributed by atoms with Gasteiger partial charge < -0.3 is 18.3 Å². The van der Waals surface area contributed by atoms with E-state index >= 15 is 0 Å². The highest BCUT2D eigenvalue weighted by molar-refractivity contribution is 7.97. The lowest BCUT2D eigenvalue weighted by Gasteiger charge is -2.13. The minimum atomic E-state index is -3.83. The lowest BCUT2D eigenvalue weighted by Crippen LogP contribution is -2.30. The maximum Gasteiger partial charge on any atom is 0.252 e. The number of imidazole rings is 2. The largest absolute Gasteiger partial charge is 0.330 e. The van der Waals surface area contributed by atoms with Crippen LogP contribution in [0.25, 0.3) is 0 Å². The molecule has 8 rings (SSSR count). The number of nitrogens with zero attached hydrogens (tertiary/aromatic N) is 6. The fraction of sp³-hybridized carbons (Fsp3) is 0.259.